The second-order valence-corrected chi connectivity index (χ2v) is 8.22. The Balaban J connectivity index is 5.07. The van der Waals surface area contributed by atoms with Crippen LogP contribution in [-0.4, -0.2) is 20.8 Å². The molecule has 0 aliphatic heterocycles. The zero-order valence-electron chi connectivity index (χ0n) is 10.1. The molecule has 1 nitrogen and oxygen atoms in total. The van der Waals surface area contributed by atoms with E-state index in [0.29, 0.717) is 0 Å². The van der Waals surface area contributed by atoms with Gasteiger partial charge in [0.05, 0.1) is 0 Å². The molecule has 0 aromatic heterocycles. The molecule has 0 radical (unpaired) electrons. The maximum Gasteiger partial charge on any atom is 0.226 e. The SMILES string of the molecule is CC(C)(CCl)C(Cl)(Cl)OC(Cl)(Cl)C(C)(C)CCl. The lowest BCUT2D eigenvalue weighted by Crippen LogP contribution is -2.48. The summed E-state index contributed by atoms with van der Waals surface area (Å²) in [6.45, 7) is 6.99. The topological polar surface area (TPSA) is 9.23 Å². The highest BCUT2D eigenvalue weighted by Gasteiger charge is 2.53. The van der Waals surface area contributed by atoms with E-state index in [1.165, 1.54) is 0 Å². The molecule has 0 rings (SSSR count). The number of rotatable bonds is 6. The van der Waals surface area contributed by atoms with Crippen molar-refractivity contribution in [1.29, 1.82) is 0 Å². The fourth-order valence-electron chi connectivity index (χ4n) is 0.593. The Labute approximate surface area is 133 Å². The van der Waals surface area contributed by atoms with Crippen LogP contribution >= 0.6 is 69.6 Å². The quantitative estimate of drug-likeness (QED) is 0.541. The first-order chi connectivity index (χ1) is 7.33. The lowest BCUT2D eigenvalue weighted by Gasteiger charge is -2.43. The second kappa shape index (κ2) is 5.99. The summed E-state index contributed by atoms with van der Waals surface area (Å²) in [5, 5.41) is 0. The number of ether oxygens (including phenoxy) is 1. The van der Waals surface area contributed by atoms with Crippen LogP contribution in [0.15, 0.2) is 0 Å². The summed E-state index contributed by atoms with van der Waals surface area (Å²) >= 11 is 36.1. The van der Waals surface area contributed by atoms with Crippen LogP contribution in [-0.2, 0) is 4.74 Å². The molecular weight excluding hydrogens is 349 g/mol. The van der Waals surface area contributed by atoms with Gasteiger partial charge in [-0.25, -0.2) is 0 Å². The molecule has 0 heterocycles. The third-order valence-corrected chi connectivity index (χ3v) is 6.19. The zero-order valence-corrected chi connectivity index (χ0v) is 14.6. The van der Waals surface area contributed by atoms with E-state index in [-0.39, 0.29) is 11.8 Å². The third kappa shape index (κ3) is 4.34. The highest BCUT2D eigenvalue weighted by molar-refractivity contribution is 6.51. The summed E-state index contributed by atoms with van der Waals surface area (Å²) in [5.41, 5.74) is -1.45. The molecule has 0 saturated heterocycles. The molecule has 0 N–H and O–H groups in total. The molecule has 0 spiro atoms. The van der Waals surface area contributed by atoms with E-state index in [9.17, 15) is 0 Å². The molecule has 0 fully saturated rings. The Morgan fingerprint density at radius 2 is 0.941 bits per heavy atom. The molecular formula is C10H16Cl6O. The van der Waals surface area contributed by atoms with E-state index < -0.39 is 19.9 Å². The van der Waals surface area contributed by atoms with Crippen molar-refractivity contribution in [2.24, 2.45) is 10.8 Å². The van der Waals surface area contributed by atoms with Gasteiger partial charge in [-0.15, -0.1) is 23.2 Å². The first-order valence-electron chi connectivity index (χ1n) is 4.91. The molecule has 0 unspecified atom stereocenters. The van der Waals surface area contributed by atoms with Crippen LogP contribution in [0, 0.1) is 10.8 Å². The first kappa shape index (κ1) is 18.7. The van der Waals surface area contributed by atoms with Gasteiger partial charge in [0.25, 0.3) is 0 Å². The van der Waals surface area contributed by atoms with Gasteiger partial charge < -0.3 is 4.74 Å². The predicted molar refractivity (Wildman–Crippen MR) is 79.0 cm³/mol. The average molecular weight is 365 g/mol. The molecule has 0 bridgehead atoms. The lowest BCUT2D eigenvalue weighted by atomic mass is 9.95. The van der Waals surface area contributed by atoms with Gasteiger partial charge >= 0.3 is 0 Å². The van der Waals surface area contributed by atoms with E-state index in [0.717, 1.165) is 0 Å². The standard InChI is InChI=1S/C10H16Cl6O/c1-7(2,5-11)9(13,14)17-10(15,16)8(3,4)6-12/h5-6H2,1-4H3. The Bertz CT molecular complexity index is 236. The van der Waals surface area contributed by atoms with Crippen LogP contribution in [0.1, 0.15) is 27.7 Å². The predicted octanol–water partition coefficient (Wildman–Crippen LogP) is 5.80. The van der Waals surface area contributed by atoms with Gasteiger partial charge in [-0.2, -0.15) is 0 Å². The summed E-state index contributed by atoms with van der Waals surface area (Å²) in [6, 6.07) is 0. The lowest BCUT2D eigenvalue weighted by molar-refractivity contribution is -0.0718. The van der Waals surface area contributed by atoms with E-state index >= 15 is 0 Å². The van der Waals surface area contributed by atoms with Crippen LogP contribution in [0.5, 0.6) is 0 Å². The van der Waals surface area contributed by atoms with Crippen LogP contribution < -0.4 is 0 Å². The van der Waals surface area contributed by atoms with Crippen LogP contribution in [0.3, 0.4) is 0 Å². The molecule has 0 aromatic rings. The van der Waals surface area contributed by atoms with Crippen LogP contribution in [0.2, 0.25) is 0 Å². The van der Waals surface area contributed by atoms with Gasteiger partial charge in [0.15, 0.2) is 0 Å². The smallest absolute Gasteiger partial charge is 0.226 e. The number of halogens is 6. The molecule has 0 saturated carbocycles. The molecule has 0 amide bonds. The largest absolute Gasteiger partial charge is 0.309 e. The van der Waals surface area contributed by atoms with E-state index in [4.69, 9.17) is 74.3 Å². The minimum atomic E-state index is -1.62. The monoisotopic (exact) mass is 362 g/mol. The Morgan fingerprint density at radius 1 is 0.706 bits per heavy atom. The van der Waals surface area contributed by atoms with E-state index in [1.54, 1.807) is 27.7 Å². The molecule has 7 heteroatoms. The summed E-state index contributed by atoms with van der Waals surface area (Å²) in [5.74, 6) is 0.371. The van der Waals surface area contributed by atoms with Gasteiger partial charge in [0.2, 0.25) is 9.04 Å². The molecule has 0 aliphatic carbocycles. The van der Waals surface area contributed by atoms with Gasteiger partial charge in [0, 0.05) is 22.6 Å². The van der Waals surface area contributed by atoms with Gasteiger partial charge in [-0.1, -0.05) is 74.1 Å². The maximum absolute atomic E-state index is 6.12. The fraction of sp³-hybridized carbons (Fsp3) is 1.00. The summed E-state index contributed by atoms with van der Waals surface area (Å²) in [7, 11) is 0. The van der Waals surface area contributed by atoms with Crippen molar-refractivity contribution < 1.29 is 4.74 Å². The number of alkyl halides is 6. The summed E-state index contributed by atoms with van der Waals surface area (Å²) in [6.07, 6.45) is 0. The van der Waals surface area contributed by atoms with Crippen molar-refractivity contribution in [3.8, 4) is 0 Å². The first-order valence-corrected chi connectivity index (χ1v) is 7.49. The summed E-state index contributed by atoms with van der Waals surface area (Å²) in [4.78, 5) is 0. The van der Waals surface area contributed by atoms with Crippen molar-refractivity contribution in [1.82, 2.24) is 0 Å². The highest BCUT2D eigenvalue weighted by Crippen LogP contribution is 2.52. The van der Waals surface area contributed by atoms with E-state index in [1.807, 2.05) is 0 Å². The Kier molecular flexibility index (Phi) is 6.59. The second-order valence-electron chi connectivity index (χ2n) is 5.17. The maximum atomic E-state index is 6.12. The third-order valence-electron chi connectivity index (χ3n) is 2.50. The van der Waals surface area contributed by atoms with Gasteiger partial charge in [-0.3, -0.25) is 0 Å². The minimum absolute atomic E-state index is 0.186. The molecule has 104 valence electrons. The highest BCUT2D eigenvalue weighted by atomic mass is 35.5. The zero-order chi connectivity index (χ0) is 14.1. The van der Waals surface area contributed by atoms with Gasteiger partial charge in [0.1, 0.15) is 0 Å². The van der Waals surface area contributed by atoms with Gasteiger partial charge in [-0.05, 0) is 0 Å². The van der Waals surface area contributed by atoms with Crippen molar-refractivity contribution >= 4 is 69.6 Å². The molecule has 17 heavy (non-hydrogen) atoms. The Hall–Kier alpha value is 1.70. The van der Waals surface area contributed by atoms with Crippen molar-refractivity contribution in [3.05, 3.63) is 0 Å². The van der Waals surface area contributed by atoms with E-state index in [2.05, 4.69) is 0 Å². The molecule has 0 aliphatic rings. The number of hydrogen-bond acceptors (Lipinski definition) is 1. The molecule has 0 aromatic carbocycles. The van der Waals surface area contributed by atoms with Crippen LogP contribution in [0.4, 0.5) is 0 Å². The van der Waals surface area contributed by atoms with Crippen molar-refractivity contribution in [2.75, 3.05) is 11.8 Å². The minimum Gasteiger partial charge on any atom is -0.309 e. The summed E-state index contributed by atoms with van der Waals surface area (Å²) < 4.78 is 2.18. The number of hydrogen-bond donors (Lipinski definition) is 0. The molecule has 0 atom stereocenters. The van der Waals surface area contributed by atoms with Crippen LogP contribution in [0.25, 0.3) is 0 Å². The van der Waals surface area contributed by atoms with Crippen molar-refractivity contribution in [2.45, 2.75) is 36.7 Å². The average Bonchev–Trinajstić information content (AvgIpc) is 2.15. The Morgan fingerprint density at radius 3 is 1.12 bits per heavy atom. The normalized spacial score (nSPS) is 15.2. The fourth-order valence-corrected chi connectivity index (χ4v) is 2.13. The van der Waals surface area contributed by atoms with Crippen molar-refractivity contribution in [3.63, 3.8) is 0 Å².